The Morgan fingerprint density at radius 3 is 2.50 bits per heavy atom. The van der Waals surface area contributed by atoms with Crippen LogP contribution in [-0.4, -0.2) is 52.0 Å². The van der Waals surface area contributed by atoms with E-state index in [4.69, 9.17) is 21.1 Å². The molecule has 0 atom stereocenters. The maximum Gasteiger partial charge on any atom is 0.410 e. The number of likely N-dealkylation sites (tertiary alicyclic amines) is 1. The van der Waals surface area contributed by atoms with Gasteiger partial charge in [-0.05, 0) is 40.5 Å². The van der Waals surface area contributed by atoms with Gasteiger partial charge >= 0.3 is 12.1 Å². The molecule has 134 valence electrons. The average molecular weight is 358 g/mol. The van der Waals surface area contributed by atoms with E-state index < -0.39 is 11.6 Å². The third kappa shape index (κ3) is 4.63. The number of rotatable bonds is 3. The second-order valence-electron chi connectivity index (χ2n) is 6.73. The van der Waals surface area contributed by atoms with Crippen LogP contribution < -0.4 is 0 Å². The van der Waals surface area contributed by atoms with Crippen LogP contribution in [0.2, 0.25) is 5.15 Å². The molecule has 1 amide bonds. The lowest BCUT2D eigenvalue weighted by Crippen LogP contribution is -2.42. The van der Waals surface area contributed by atoms with Gasteiger partial charge < -0.3 is 14.4 Å². The van der Waals surface area contributed by atoms with Gasteiger partial charge in [-0.15, -0.1) is 0 Å². The molecule has 0 spiro atoms. The largest absolute Gasteiger partial charge is 0.462 e. The lowest BCUT2D eigenvalue weighted by Gasteiger charge is -2.33. The smallest absolute Gasteiger partial charge is 0.410 e. The highest BCUT2D eigenvalue weighted by Crippen LogP contribution is 2.26. The van der Waals surface area contributed by atoms with E-state index in [0.717, 1.165) is 12.8 Å². The minimum Gasteiger partial charge on any atom is -0.462 e. The first-order valence-corrected chi connectivity index (χ1v) is 8.48. The van der Waals surface area contributed by atoms with E-state index in [0.29, 0.717) is 13.1 Å². The van der Waals surface area contributed by atoms with Gasteiger partial charge in [0.25, 0.3) is 0 Å². The van der Waals surface area contributed by atoms with E-state index in [9.17, 15) is 9.59 Å². The summed E-state index contributed by atoms with van der Waals surface area (Å²) in [7, 11) is 0. The molecule has 1 aliphatic rings. The van der Waals surface area contributed by atoms with Crippen LogP contribution in [0.25, 0.3) is 0 Å². The van der Waals surface area contributed by atoms with Gasteiger partial charge in [0.05, 0.1) is 12.6 Å². The highest BCUT2D eigenvalue weighted by molar-refractivity contribution is 6.32. The zero-order valence-corrected chi connectivity index (χ0v) is 15.3. The molecular weight excluding hydrogens is 334 g/mol. The van der Waals surface area contributed by atoms with E-state index in [2.05, 4.69) is 5.10 Å². The van der Waals surface area contributed by atoms with Crippen LogP contribution in [0, 0.1) is 0 Å². The molecule has 1 aromatic rings. The van der Waals surface area contributed by atoms with Gasteiger partial charge in [-0.3, -0.25) is 4.68 Å². The number of hydrogen-bond donors (Lipinski definition) is 0. The number of aromatic nitrogens is 2. The molecule has 0 N–H and O–H groups in total. The number of nitrogens with zero attached hydrogens (tertiary/aromatic N) is 3. The van der Waals surface area contributed by atoms with Gasteiger partial charge in [0, 0.05) is 19.3 Å². The first-order valence-electron chi connectivity index (χ1n) is 8.11. The molecule has 1 aromatic heterocycles. The lowest BCUT2D eigenvalue weighted by atomic mass is 10.1. The van der Waals surface area contributed by atoms with Crippen molar-refractivity contribution < 1.29 is 19.1 Å². The molecule has 0 bridgehead atoms. The van der Waals surface area contributed by atoms with Crippen LogP contribution in [0.4, 0.5) is 4.79 Å². The van der Waals surface area contributed by atoms with Gasteiger partial charge in [0.2, 0.25) is 0 Å². The Morgan fingerprint density at radius 2 is 1.96 bits per heavy atom. The Balaban J connectivity index is 1.96. The zero-order valence-electron chi connectivity index (χ0n) is 14.5. The molecule has 8 heteroatoms. The number of ether oxygens (including phenoxy) is 2. The fourth-order valence-electron chi connectivity index (χ4n) is 2.54. The third-order valence-electron chi connectivity index (χ3n) is 3.67. The quantitative estimate of drug-likeness (QED) is 0.776. The Kier molecular flexibility index (Phi) is 5.74. The predicted molar refractivity (Wildman–Crippen MR) is 89.3 cm³/mol. The van der Waals surface area contributed by atoms with E-state index in [1.165, 1.54) is 0 Å². The summed E-state index contributed by atoms with van der Waals surface area (Å²) >= 11 is 6.03. The first-order chi connectivity index (χ1) is 11.2. The molecule has 1 saturated heterocycles. The highest BCUT2D eigenvalue weighted by atomic mass is 35.5. The standard InChI is InChI=1S/C16H24ClN3O4/c1-5-23-14(21)12-10-20(18-13(12)17)11-6-8-19(9-7-11)15(22)24-16(2,3)4/h10-11H,5-9H2,1-4H3. The summed E-state index contributed by atoms with van der Waals surface area (Å²) in [6, 6.07) is 0.0874. The van der Waals surface area contributed by atoms with Gasteiger partial charge in [-0.2, -0.15) is 5.10 Å². The summed E-state index contributed by atoms with van der Waals surface area (Å²) in [5.41, 5.74) is -0.231. The summed E-state index contributed by atoms with van der Waals surface area (Å²) in [5.74, 6) is -0.472. The Labute approximate surface area is 146 Å². The van der Waals surface area contributed by atoms with E-state index in [-0.39, 0.29) is 29.5 Å². The van der Waals surface area contributed by atoms with Crippen molar-refractivity contribution in [3.63, 3.8) is 0 Å². The van der Waals surface area contributed by atoms with Crippen LogP contribution in [0.15, 0.2) is 6.20 Å². The minimum absolute atomic E-state index is 0.0874. The summed E-state index contributed by atoms with van der Waals surface area (Å²) in [6.07, 6.45) is 2.76. The van der Waals surface area contributed by atoms with Crippen LogP contribution in [-0.2, 0) is 9.47 Å². The van der Waals surface area contributed by atoms with Crippen molar-refractivity contribution in [3.05, 3.63) is 16.9 Å². The molecule has 24 heavy (non-hydrogen) atoms. The number of halogens is 1. The molecule has 0 aliphatic carbocycles. The van der Waals surface area contributed by atoms with Crippen LogP contribution in [0.3, 0.4) is 0 Å². The molecule has 2 rings (SSSR count). The topological polar surface area (TPSA) is 73.7 Å². The van der Waals surface area contributed by atoms with Gasteiger partial charge in [0.15, 0.2) is 5.15 Å². The van der Waals surface area contributed by atoms with Crippen molar-refractivity contribution in [1.82, 2.24) is 14.7 Å². The average Bonchev–Trinajstić information content (AvgIpc) is 2.88. The van der Waals surface area contributed by atoms with Gasteiger partial charge in [0.1, 0.15) is 11.2 Å². The number of carbonyl (C=O) groups is 2. The predicted octanol–water partition coefficient (Wildman–Crippen LogP) is 3.29. The summed E-state index contributed by atoms with van der Waals surface area (Å²) in [5, 5.41) is 4.36. The minimum atomic E-state index is -0.502. The van der Waals surface area contributed by atoms with Crippen LogP contribution in [0.1, 0.15) is 56.9 Å². The number of carbonyl (C=O) groups excluding carboxylic acids is 2. The number of hydrogen-bond acceptors (Lipinski definition) is 5. The first kappa shape index (κ1) is 18.6. The maximum atomic E-state index is 12.1. The number of piperidine rings is 1. The molecule has 0 radical (unpaired) electrons. The van der Waals surface area contributed by atoms with Crippen LogP contribution >= 0.6 is 11.6 Å². The van der Waals surface area contributed by atoms with E-state index in [1.807, 2.05) is 20.8 Å². The maximum absolute atomic E-state index is 12.1. The van der Waals surface area contributed by atoms with Crippen LogP contribution in [0.5, 0.6) is 0 Å². The van der Waals surface area contributed by atoms with Gasteiger partial charge in [-0.1, -0.05) is 11.6 Å². The Morgan fingerprint density at radius 1 is 1.33 bits per heavy atom. The molecule has 0 unspecified atom stereocenters. The van der Waals surface area contributed by atoms with Crippen molar-refractivity contribution in [2.75, 3.05) is 19.7 Å². The zero-order chi connectivity index (χ0) is 17.9. The second-order valence-corrected chi connectivity index (χ2v) is 7.09. The summed E-state index contributed by atoms with van der Waals surface area (Å²) in [6.45, 7) is 8.72. The molecule has 1 fully saturated rings. The summed E-state index contributed by atoms with van der Waals surface area (Å²) in [4.78, 5) is 25.6. The third-order valence-corrected chi connectivity index (χ3v) is 3.95. The van der Waals surface area contributed by atoms with Crippen molar-refractivity contribution in [1.29, 1.82) is 0 Å². The lowest BCUT2D eigenvalue weighted by molar-refractivity contribution is 0.0184. The normalized spacial score (nSPS) is 16.1. The molecule has 0 saturated carbocycles. The van der Waals surface area contributed by atoms with E-state index in [1.54, 1.807) is 22.7 Å². The van der Waals surface area contributed by atoms with Crippen molar-refractivity contribution in [2.24, 2.45) is 0 Å². The van der Waals surface area contributed by atoms with Crippen molar-refractivity contribution in [3.8, 4) is 0 Å². The molecular formula is C16H24ClN3O4. The monoisotopic (exact) mass is 357 g/mol. The van der Waals surface area contributed by atoms with E-state index >= 15 is 0 Å². The highest BCUT2D eigenvalue weighted by Gasteiger charge is 2.29. The SMILES string of the molecule is CCOC(=O)c1cn(C2CCN(C(=O)OC(C)(C)C)CC2)nc1Cl. The molecule has 2 heterocycles. The fourth-order valence-corrected chi connectivity index (χ4v) is 2.76. The fraction of sp³-hybridized carbons (Fsp3) is 0.688. The second kappa shape index (κ2) is 7.42. The molecule has 7 nitrogen and oxygen atoms in total. The number of amides is 1. The van der Waals surface area contributed by atoms with Gasteiger partial charge in [-0.25, -0.2) is 9.59 Å². The van der Waals surface area contributed by atoms with Crippen molar-refractivity contribution in [2.45, 2.75) is 52.2 Å². The summed E-state index contributed by atoms with van der Waals surface area (Å²) < 4.78 is 12.0. The molecule has 1 aliphatic heterocycles. The Hall–Kier alpha value is -1.76. The molecule has 0 aromatic carbocycles. The Bertz CT molecular complexity index is 601. The van der Waals surface area contributed by atoms with Crippen molar-refractivity contribution >= 4 is 23.7 Å². The number of esters is 1.